The molecule has 6 nitrogen and oxygen atoms in total. The highest BCUT2D eigenvalue weighted by Crippen LogP contribution is 2.70. The van der Waals surface area contributed by atoms with E-state index in [1.54, 1.807) is 27.7 Å². The Morgan fingerprint density at radius 1 is 1.25 bits per heavy atom. The van der Waals surface area contributed by atoms with Crippen LogP contribution in [0.1, 0.15) is 59.8 Å². The van der Waals surface area contributed by atoms with Crippen LogP contribution in [0.25, 0.3) is 0 Å². The number of hydrogen-bond donors (Lipinski definition) is 1. The van der Waals surface area contributed by atoms with Gasteiger partial charge in [-0.2, -0.15) is 0 Å². The number of ketones is 3. The van der Waals surface area contributed by atoms with Crippen molar-refractivity contribution in [3.05, 3.63) is 23.8 Å². The Balaban J connectivity index is 1.86. The van der Waals surface area contributed by atoms with Crippen LogP contribution >= 0.6 is 0 Å². The van der Waals surface area contributed by atoms with Crippen LogP contribution in [-0.4, -0.2) is 46.3 Å². The van der Waals surface area contributed by atoms with Gasteiger partial charge in [-0.05, 0) is 44.3 Å². The van der Waals surface area contributed by atoms with Crippen LogP contribution in [0.4, 0.5) is 4.39 Å². The highest BCUT2D eigenvalue weighted by atomic mass is 19.1. The van der Waals surface area contributed by atoms with E-state index in [0.29, 0.717) is 24.8 Å². The number of esters is 1. The molecule has 4 aliphatic carbocycles. The third-order valence-corrected chi connectivity index (χ3v) is 9.06. The van der Waals surface area contributed by atoms with Crippen LogP contribution < -0.4 is 0 Å². The van der Waals surface area contributed by atoms with Crippen molar-refractivity contribution in [2.45, 2.75) is 71.1 Å². The van der Waals surface area contributed by atoms with Crippen LogP contribution in [0, 0.1) is 28.6 Å². The van der Waals surface area contributed by atoms with Crippen molar-refractivity contribution in [1.29, 1.82) is 0 Å². The quantitative estimate of drug-likeness (QED) is 0.667. The highest BCUT2D eigenvalue weighted by molar-refractivity contribution is 6.03. The molecule has 0 heterocycles. The van der Waals surface area contributed by atoms with Gasteiger partial charge in [0.05, 0.1) is 0 Å². The number of hydrogen-bond acceptors (Lipinski definition) is 6. The third-order valence-electron chi connectivity index (χ3n) is 9.06. The van der Waals surface area contributed by atoms with E-state index in [9.17, 15) is 24.3 Å². The molecule has 0 bridgehead atoms. The largest absolute Gasteiger partial charge is 0.450 e. The average Bonchev–Trinajstić information content (AvgIpc) is 2.96. The van der Waals surface area contributed by atoms with Crippen molar-refractivity contribution in [3.8, 4) is 0 Å². The molecule has 7 atom stereocenters. The molecular weight excluding hydrogens is 415 g/mol. The summed E-state index contributed by atoms with van der Waals surface area (Å²) in [5, 5.41) is 9.79. The van der Waals surface area contributed by atoms with Crippen LogP contribution in [-0.2, 0) is 23.9 Å². The molecule has 0 aromatic rings. The molecule has 7 heteroatoms. The number of Topliss-reactive ketones (excluding diaryl/α,β-unsaturated/α-hetero) is 2. The standard InChI is InChI=1S/C25H31FO6/c1-5-21(31)32-25(20(30)13-27)14(2)10-18-17-7-6-15-11-16(28)8-9-22(15,3)24(17,26)19(29)12-23(18,25)4/h8-9,11,14,17-18,27H,5-7,10,12-13H2,1-4H3. The zero-order valence-corrected chi connectivity index (χ0v) is 19.1. The monoisotopic (exact) mass is 446 g/mol. The lowest BCUT2D eigenvalue weighted by Crippen LogP contribution is -2.68. The minimum Gasteiger partial charge on any atom is -0.450 e. The second-order valence-electron chi connectivity index (χ2n) is 10.4. The van der Waals surface area contributed by atoms with E-state index in [0.717, 1.165) is 0 Å². The van der Waals surface area contributed by atoms with Gasteiger partial charge in [0, 0.05) is 35.5 Å². The Labute approximate surface area is 187 Å². The van der Waals surface area contributed by atoms with Gasteiger partial charge >= 0.3 is 5.97 Å². The van der Waals surface area contributed by atoms with Crippen LogP contribution in [0.5, 0.6) is 0 Å². The van der Waals surface area contributed by atoms with E-state index >= 15 is 4.39 Å². The maximum absolute atomic E-state index is 17.1. The number of carbonyl (C=O) groups excluding carboxylic acids is 4. The number of alkyl halides is 1. The van der Waals surface area contributed by atoms with Crippen molar-refractivity contribution in [2.75, 3.05) is 6.61 Å². The lowest BCUT2D eigenvalue weighted by molar-refractivity contribution is -0.203. The summed E-state index contributed by atoms with van der Waals surface area (Å²) in [5.41, 5.74) is -5.61. The van der Waals surface area contributed by atoms with Gasteiger partial charge in [-0.15, -0.1) is 0 Å². The fourth-order valence-electron chi connectivity index (χ4n) is 7.50. The Morgan fingerprint density at radius 2 is 1.94 bits per heavy atom. The van der Waals surface area contributed by atoms with Gasteiger partial charge in [-0.1, -0.05) is 32.4 Å². The molecule has 174 valence electrons. The Morgan fingerprint density at radius 3 is 2.56 bits per heavy atom. The number of carbonyl (C=O) groups is 4. The summed E-state index contributed by atoms with van der Waals surface area (Å²) in [5.74, 6) is -3.63. The Kier molecular flexibility index (Phi) is 5.16. The molecule has 0 aliphatic heterocycles. The summed E-state index contributed by atoms with van der Waals surface area (Å²) < 4.78 is 22.9. The van der Waals surface area contributed by atoms with Gasteiger partial charge in [0.15, 0.2) is 22.8 Å². The molecule has 0 aromatic heterocycles. The summed E-state index contributed by atoms with van der Waals surface area (Å²) >= 11 is 0. The van der Waals surface area contributed by atoms with Crippen LogP contribution in [0.2, 0.25) is 0 Å². The van der Waals surface area contributed by atoms with Gasteiger partial charge in [0.1, 0.15) is 6.61 Å². The maximum Gasteiger partial charge on any atom is 0.306 e. The number of fused-ring (bicyclic) bond motifs is 5. The first-order valence-electron chi connectivity index (χ1n) is 11.4. The fourth-order valence-corrected chi connectivity index (χ4v) is 7.50. The lowest BCUT2D eigenvalue weighted by atomic mass is 9.45. The maximum atomic E-state index is 17.1. The van der Waals surface area contributed by atoms with Gasteiger partial charge in [0.2, 0.25) is 5.78 Å². The predicted molar refractivity (Wildman–Crippen MR) is 113 cm³/mol. The number of ether oxygens (including phenoxy) is 1. The molecule has 3 fully saturated rings. The number of halogens is 1. The van der Waals surface area contributed by atoms with E-state index in [1.165, 1.54) is 18.2 Å². The molecule has 0 saturated heterocycles. The van der Waals surface area contributed by atoms with Crippen molar-refractivity contribution >= 4 is 23.3 Å². The van der Waals surface area contributed by atoms with Crippen molar-refractivity contribution < 1.29 is 33.4 Å². The molecule has 4 aliphatic rings. The smallest absolute Gasteiger partial charge is 0.306 e. The van der Waals surface area contributed by atoms with E-state index in [2.05, 4.69) is 0 Å². The Bertz CT molecular complexity index is 967. The number of aliphatic hydroxyl groups is 1. The van der Waals surface area contributed by atoms with E-state index < -0.39 is 64.0 Å². The second-order valence-corrected chi connectivity index (χ2v) is 10.4. The van der Waals surface area contributed by atoms with Gasteiger partial charge < -0.3 is 9.84 Å². The average molecular weight is 447 g/mol. The molecule has 0 spiro atoms. The van der Waals surface area contributed by atoms with E-state index in [1.807, 2.05) is 0 Å². The third kappa shape index (κ3) is 2.54. The summed E-state index contributed by atoms with van der Waals surface area (Å²) in [6, 6.07) is 0. The molecule has 0 aromatic carbocycles. The molecule has 7 unspecified atom stereocenters. The molecule has 4 rings (SSSR count). The number of aliphatic hydroxyl groups excluding tert-OH is 1. The highest BCUT2D eigenvalue weighted by Gasteiger charge is 2.77. The lowest BCUT2D eigenvalue weighted by Gasteiger charge is -2.59. The summed E-state index contributed by atoms with van der Waals surface area (Å²) in [6.07, 6.45) is 5.31. The van der Waals surface area contributed by atoms with E-state index in [4.69, 9.17) is 4.74 Å². The number of allylic oxidation sites excluding steroid dienone is 4. The first-order chi connectivity index (χ1) is 14.9. The molecule has 3 saturated carbocycles. The fraction of sp³-hybridized carbons (Fsp3) is 0.680. The minimum atomic E-state index is -2.22. The zero-order chi connectivity index (χ0) is 23.7. The first-order valence-corrected chi connectivity index (χ1v) is 11.4. The van der Waals surface area contributed by atoms with Crippen LogP contribution in [0.15, 0.2) is 23.8 Å². The topological polar surface area (TPSA) is 97.7 Å². The minimum absolute atomic E-state index is 0.0450. The van der Waals surface area contributed by atoms with Gasteiger partial charge in [0.25, 0.3) is 0 Å². The summed E-state index contributed by atoms with van der Waals surface area (Å²) in [6.45, 7) is 5.99. The zero-order valence-electron chi connectivity index (χ0n) is 19.1. The summed E-state index contributed by atoms with van der Waals surface area (Å²) in [7, 11) is 0. The number of rotatable bonds is 4. The van der Waals surface area contributed by atoms with E-state index in [-0.39, 0.29) is 18.6 Å². The summed E-state index contributed by atoms with van der Waals surface area (Å²) in [4.78, 5) is 51.1. The SMILES string of the molecule is CCC(=O)OC1(C(=O)CO)C(C)CC2C3CCC4=CC(=O)C=CC4(C)C3(F)C(=O)CC21C. The predicted octanol–water partition coefficient (Wildman–Crippen LogP) is 3.06. The van der Waals surface area contributed by atoms with Crippen molar-refractivity contribution in [2.24, 2.45) is 28.6 Å². The molecule has 1 N–H and O–H groups in total. The second kappa shape index (κ2) is 7.17. The Hall–Kier alpha value is -2.15. The molecule has 32 heavy (non-hydrogen) atoms. The van der Waals surface area contributed by atoms with Crippen molar-refractivity contribution in [3.63, 3.8) is 0 Å². The van der Waals surface area contributed by atoms with Gasteiger partial charge in [-0.25, -0.2) is 4.39 Å². The molecule has 0 radical (unpaired) electrons. The van der Waals surface area contributed by atoms with Gasteiger partial charge in [-0.3, -0.25) is 19.2 Å². The molecule has 0 amide bonds. The molecular formula is C25H31FO6. The normalized spacial score (nSPS) is 44.9. The first kappa shape index (κ1) is 23.0. The van der Waals surface area contributed by atoms with Crippen LogP contribution in [0.3, 0.4) is 0 Å². The van der Waals surface area contributed by atoms with Crippen molar-refractivity contribution in [1.82, 2.24) is 0 Å².